The topological polar surface area (TPSA) is 77.9 Å². The Kier molecular flexibility index (Phi) is 5.33. The molecule has 0 unspecified atom stereocenters. The van der Waals surface area contributed by atoms with Crippen LogP contribution in [0.3, 0.4) is 0 Å². The summed E-state index contributed by atoms with van der Waals surface area (Å²) in [7, 11) is -3.66. The number of hydrogen-bond acceptors (Lipinski definition) is 6. The first kappa shape index (κ1) is 16.8. The van der Waals surface area contributed by atoms with Crippen molar-refractivity contribution in [2.45, 2.75) is 33.9 Å². The molecular weight excluding hydrogens is 456 g/mol. The van der Waals surface area contributed by atoms with Gasteiger partial charge >= 0.3 is 5.97 Å². The van der Waals surface area contributed by atoms with Gasteiger partial charge in [-0.15, -0.1) is 12.4 Å². The third kappa shape index (κ3) is 5.37. The Hall–Kier alpha value is -1.74. The summed E-state index contributed by atoms with van der Waals surface area (Å²) in [5, 5.41) is 9.25. The van der Waals surface area contributed by atoms with Gasteiger partial charge in [0.05, 0.1) is 22.2 Å². The highest BCUT2D eigenvalue weighted by Gasteiger charge is 2.26. The quantitative estimate of drug-likeness (QED) is 0.649. The lowest BCUT2D eigenvalue weighted by atomic mass is 9.97. The van der Waals surface area contributed by atoms with Gasteiger partial charge in [0.2, 0.25) is 0 Å². The number of hydrogen-bond donors (Lipinski definition) is 1. The minimum absolute atomic E-state index is 0. The molecule has 4 rings (SSSR count). The lowest BCUT2D eigenvalue weighted by Gasteiger charge is -2.34. The van der Waals surface area contributed by atoms with Crippen molar-refractivity contribution >= 4 is 51.4 Å². The second kappa shape index (κ2) is 9.81. The van der Waals surface area contributed by atoms with E-state index in [-0.39, 0.29) is 54.6 Å². The van der Waals surface area contributed by atoms with E-state index in [1.807, 2.05) is 0 Å². The number of para-hydroxylation sites is 1. The zero-order valence-electron chi connectivity index (χ0n) is 22.7. The molecule has 9 heteroatoms. The highest BCUT2D eigenvalue weighted by molar-refractivity contribution is 7.99. The Bertz CT molecular complexity index is 1300. The van der Waals surface area contributed by atoms with Gasteiger partial charge in [-0.05, 0) is 69.1 Å². The fraction of sp³-hybridized carbons (Fsp3) is 0.409. The third-order valence-corrected chi connectivity index (χ3v) is 7.39. The summed E-state index contributed by atoms with van der Waals surface area (Å²) in [6.07, 6.45) is -1.87. The van der Waals surface area contributed by atoms with Crippen LogP contribution in [-0.4, -0.2) is 56.7 Å². The smallest absolute Gasteiger partial charge is 0.306 e. The molecule has 0 aliphatic carbocycles. The van der Waals surface area contributed by atoms with Crippen molar-refractivity contribution in [1.29, 1.82) is 0 Å². The van der Waals surface area contributed by atoms with Crippen LogP contribution in [0.1, 0.15) is 27.4 Å². The van der Waals surface area contributed by atoms with Gasteiger partial charge in [-0.1, -0.05) is 23.9 Å². The second-order valence-electron chi connectivity index (χ2n) is 7.26. The van der Waals surface area contributed by atoms with Crippen molar-refractivity contribution < 1.29 is 26.5 Å². The van der Waals surface area contributed by atoms with Gasteiger partial charge in [0.1, 0.15) is 0 Å². The number of benzene rings is 2. The van der Waals surface area contributed by atoms with Crippen molar-refractivity contribution in [2.75, 3.05) is 37.2 Å². The van der Waals surface area contributed by atoms with Gasteiger partial charge < -0.3 is 14.9 Å². The zero-order valence-corrected chi connectivity index (χ0v) is 19.2. The normalized spacial score (nSPS) is 21.1. The molecule has 1 fully saturated rings. The highest BCUT2D eigenvalue weighted by Crippen LogP contribution is 2.48. The standard InChI is InChI=1S/C22H26N2O4S2.ClH/c1-30(27,28)17-7-8-21-19(15-17)24(18-5-2-3-6-20(18)29-21)12-4-11-23-13-9-16(10-14-23)22(25)26;/h2-3,5-8,15-16H,4,9-14H2,1H3,(H,25,26);1H/i4D2,11D2,12D2;. The van der Waals surface area contributed by atoms with Crippen LogP contribution < -0.4 is 4.90 Å². The van der Waals surface area contributed by atoms with Crippen molar-refractivity contribution in [3.05, 3.63) is 42.5 Å². The van der Waals surface area contributed by atoms with E-state index >= 15 is 0 Å². The van der Waals surface area contributed by atoms with E-state index in [0.717, 1.165) is 16.1 Å². The van der Waals surface area contributed by atoms with Crippen LogP contribution in [0.15, 0.2) is 57.2 Å². The van der Waals surface area contributed by atoms with E-state index in [0.29, 0.717) is 9.79 Å². The molecule has 1 N–H and O–H groups in total. The van der Waals surface area contributed by atoms with E-state index in [1.165, 1.54) is 30.0 Å². The maximum atomic E-state index is 12.3. The van der Waals surface area contributed by atoms with Crippen LogP contribution in [0.4, 0.5) is 11.4 Å². The van der Waals surface area contributed by atoms with Crippen LogP contribution in [0, 0.1) is 5.92 Å². The molecule has 0 saturated carbocycles. The number of piperidine rings is 1. The number of likely N-dealkylation sites (tertiary alicyclic amines) is 1. The minimum atomic E-state index is -3.66. The fourth-order valence-electron chi connectivity index (χ4n) is 3.48. The summed E-state index contributed by atoms with van der Waals surface area (Å²) >= 11 is 1.29. The molecule has 2 aliphatic heterocycles. The fourth-order valence-corrected chi connectivity index (χ4v) is 5.16. The molecule has 31 heavy (non-hydrogen) atoms. The predicted octanol–water partition coefficient (Wildman–Crippen LogP) is 4.30. The molecule has 0 amide bonds. The monoisotopic (exact) mass is 488 g/mol. The molecule has 0 bridgehead atoms. The number of fused-ring (bicyclic) bond motifs is 2. The van der Waals surface area contributed by atoms with Gasteiger partial charge in [-0.2, -0.15) is 0 Å². The third-order valence-electron chi connectivity index (χ3n) is 5.15. The molecule has 0 aromatic heterocycles. The Morgan fingerprint density at radius 3 is 2.48 bits per heavy atom. The van der Waals surface area contributed by atoms with Gasteiger partial charge in [-0.3, -0.25) is 4.79 Å². The van der Waals surface area contributed by atoms with Gasteiger partial charge in [-0.25, -0.2) is 8.42 Å². The number of carbonyl (C=O) groups is 1. The second-order valence-corrected chi connectivity index (χ2v) is 10.4. The van der Waals surface area contributed by atoms with E-state index in [2.05, 4.69) is 0 Å². The maximum absolute atomic E-state index is 12.3. The Labute approximate surface area is 202 Å². The predicted molar refractivity (Wildman–Crippen MR) is 126 cm³/mol. The molecule has 2 aromatic carbocycles. The van der Waals surface area contributed by atoms with Crippen LogP contribution in [0.5, 0.6) is 0 Å². The maximum Gasteiger partial charge on any atom is 0.306 e. The average Bonchev–Trinajstić information content (AvgIpc) is 2.81. The number of nitrogens with zero attached hydrogens (tertiary/aromatic N) is 2. The van der Waals surface area contributed by atoms with Crippen LogP contribution >= 0.6 is 24.2 Å². The molecule has 0 spiro atoms. The molecule has 2 aliphatic rings. The van der Waals surface area contributed by atoms with E-state index in [1.54, 1.807) is 24.3 Å². The van der Waals surface area contributed by atoms with Crippen LogP contribution in [-0.2, 0) is 14.6 Å². The highest BCUT2D eigenvalue weighted by atomic mass is 35.5. The van der Waals surface area contributed by atoms with Crippen LogP contribution in [0.25, 0.3) is 0 Å². The minimum Gasteiger partial charge on any atom is -0.481 e. The Morgan fingerprint density at radius 2 is 1.81 bits per heavy atom. The van der Waals surface area contributed by atoms with Crippen molar-refractivity contribution in [2.24, 2.45) is 5.92 Å². The summed E-state index contributed by atoms with van der Waals surface area (Å²) in [4.78, 5) is 14.6. The lowest BCUT2D eigenvalue weighted by Crippen LogP contribution is -2.37. The van der Waals surface area contributed by atoms with Crippen molar-refractivity contribution in [3.8, 4) is 0 Å². The first-order chi connectivity index (χ1) is 16.6. The van der Waals surface area contributed by atoms with Crippen molar-refractivity contribution in [3.63, 3.8) is 0 Å². The first-order valence-electron chi connectivity index (χ1n) is 12.5. The van der Waals surface area contributed by atoms with Crippen molar-refractivity contribution in [1.82, 2.24) is 4.90 Å². The van der Waals surface area contributed by atoms with E-state index in [9.17, 15) is 18.3 Å². The average molecular weight is 489 g/mol. The Balaban J connectivity index is 0.00000380. The Morgan fingerprint density at radius 1 is 1.13 bits per heavy atom. The summed E-state index contributed by atoms with van der Waals surface area (Å²) in [6.45, 7) is -5.88. The first-order valence-corrected chi connectivity index (χ1v) is 12.2. The number of halogens is 1. The van der Waals surface area contributed by atoms with E-state index in [4.69, 9.17) is 8.22 Å². The molecule has 1 saturated heterocycles. The van der Waals surface area contributed by atoms with Gasteiger partial charge in [0.25, 0.3) is 0 Å². The summed E-state index contributed by atoms with van der Waals surface area (Å²) in [5.41, 5.74) is 0.408. The SMILES string of the molecule is Cl.[2H]C([2H])(N1CCC(C(=O)O)CC1)C([2H])([2H])C([2H])([2H])N1c2ccccc2Sc2ccc(S(C)(=O)=O)cc21. The number of anilines is 2. The zero-order chi connectivity index (χ0) is 26.7. The molecule has 2 aromatic rings. The number of sulfone groups is 1. The summed E-state index contributed by atoms with van der Waals surface area (Å²) in [6, 6.07) is 10.9. The van der Waals surface area contributed by atoms with Gasteiger partial charge in [0.15, 0.2) is 9.84 Å². The van der Waals surface area contributed by atoms with E-state index < -0.39 is 41.1 Å². The molecule has 0 radical (unpaired) electrons. The van der Waals surface area contributed by atoms with Crippen LogP contribution in [0.2, 0.25) is 0 Å². The number of carboxylic acid groups (broad SMARTS) is 1. The summed E-state index contributed by atoms with van der Waals surface area (Å²) < 4.78 is 77.4. The molecule has 2 heterocycles. The number of rotatable bonds is 6. The molecule has 6 nitrogen and oxygen atoms in total. The number of aliphatic carboxylic acids is 1. The molecular formula is C22H27ClN2O4S2. The lowest BCUT2D eigenvalue weighted by molar-refractivity contribution is -0.143. The molecule has 168 valence electrons. The largest absolute Gasteiger partial charge is 0.481 e. The number of carboxylic acids is 1. The summed E-state index contributed by atoms with van der Waals surface area (Å²) in [5.74, 6) is -1.65. The van der Waals surface area contributed by atoms with Gasteiger partial charge in [0, 0.05) is 30.8 Å². The molecule has 0 atom stereocenters.